The van der Waals surface area contributed by atoms with Gasteiger partial charge in [-0.25, -0.2) is 13.2 Å². The Kier molecular flexibility index (Phi) is 8.15. The van der Waals surface area contributed by atoms with Crippen molar-refractivity contribution in [3.8, 4) is 5.75 Å². The highest BCUT2D eigenvalue weighted by atomic mass is 32.2. The molecule has 0 amide bonds. The predicted molar refractivity (Wildman–Crippen MR) is 117 cm³/mol. The van der Waals surface area contributed by atoms with Crippen LogP contribution >= 0.6 is 0 Å². The molecule has 0 saturated carbocycles. The highest BCUT2D eigenvalue weighted by Gasteiger charge is 2.36. The van der Waals surface area contributed by atoms with Gasteiger partial charge in [-0.15, -0.1) is 0 Å². The molecule has 0 saturated heterocycles. The molecule has 0 aliphatic carbocycles. The first-order valence-electron chi connectivity index (χ1n) is 9.12. The second-order valence-electron chi connectivity index (χ2n) is 6.24. The van der Waals surface area contributed by atoms with Crippen molar-refractivity contribution in [3.05, 3.63) is 97.1 Å². The number of rotatable bonds is 10. The predicted octanol–water partition coefficient (Wildman–Crippen LogP) is 3.90. The third kappa shape index (κ3) is 5.25. The Morgan fingerprint density at radius 2 is 1.73 bits per heavy atom. The molecule has 0 aliphatic rings. The number of benzene rings is 2. The second-order valence-corrected chi connectivity index (χ2v) is 8.13. The summed E-state index contributed by atoms with van der Waals surface area (Å²) in [5.41, 5.74) is 0.548. The van der Waals surface area contributed by atoms with Crippen LogP contribution in [0.2, 0.25) is 0 Å². The first-order valence-corrected chi connectivity index (χ1v) is 10.6. The van der Waals surface area contributed by atoms with Crippen molar-refractivity contribution < 1.29 is 22.7 Å². The molecule has 7 heteroatoms. The van der Waals surface area contributed by atoms with E-state index in [9.17, 15) is 13.2 Å². The van der Waals surface area contributed by atoms with E-state index in [1.807, 2.05) is 0 Å². The number of hydrogen-bond acceptors (Lipinski definition) is 5. The minimum Gasteiger partial charge on any atom is -0.497 e. The van der Waals surface area contributed by atoms with Crippen molar-refractivity contribution in [2.24, 2.45) is 0 Å². The highest BCUT2D eigenvalue weighted by molar-refractivity contribution is 7.89. The monoisotopic (exact) mass is 427 g/mol. The lowest BCUT2D eigenvalue weighted by Gasteiger charge is -2.31. The lowest BCUT2D eigenvalue weighted by atomic mass is 9.99. The van der Waals surface area contributed by atoms with E-state index in [-0.39, 0.29) is 17.0 Å². The number of ether oxygens (including phenoxy) is 2. The summed E-state index contributed by atoms with van der Waals surface area (Å²) in [6.07, 6.45) is 4.83. The highest BCUT2D eigenvalue weighted by Crippen LogP contribution is 2.34. The average Bonchev–Trinajstić information content (AvgIpc) is 2.78. The van der Waals surface area contributed by atoms with Crippen molar-refractivity contribution >= 4 is 16.0 Å². The van der Waals surface area contributed by atoms with Gasteiger partial charge in [0.15, 0.2) is 0 Å². The zero-order valence-electron chi connectivity index (χ0n) is 17.0. The normalized spacial score (nSPS) is 12.5. The van der Waals surface area contributed by atoms with Crippen LogP contribution < -0.4 is 4.74 Å². The summed E-state index contributed by atoms with van der Waals surface area (Å²) in [7, 11) is -1.22. The molecule has 1 unspecified atom stereocenters. The SMILES string of the molecule is C=C/C=C/CN(C(C(=C)C(=O)OC)c1ccc(OC)cc1)S(=O)(=O)c1ccccc1. The Labute approximate surface area is 177 Å². The molecule has 0 radical (unpaired) electrons. The quantitative estimate of drug-likeness (QED) is 0.327. The zero-order chi connectivity index (χ0) is 22.1. The van der Waals surface area contributed by atoms with E-state index < -0.39 is 22.0 Å². The van der Waals surface area contributed by atoms with E-state index in [0.717, 1.165) is 0 Å². The van der Waals surface area contributed by atoms with Crippen LogP contribution in [0.15, 0.2) is 96.5 Å². The Morgan fingerprint density at radius 1 is 1.10 bits per heavy atom. The van der Waals surface area contributed by atoms with E-state index in [4.69, 9.17) is 9.47 Å². The van der Waals surface area contributed by atoms with E-state index in [1.165, 1.54) is 30.7 Å². The maximum absolute atomic E-state index is 13.5. The Bertz CT molecular complexity index is 1010. The number of carbonyl (C=O) groups excluding carboxylic acids is 1. The molecule has 2 rings (SSSR count). The number of allylic oxidation sites excluding steroid dienone is 2. The Balaban J connectivity index is 2.67. The van der Waals surface area contributed by atoms with Gasteiger partial charge in [-0.05, 0) is 29.8 Å². The Morgan fingerprint density at radius 3 is 2.27 bits per heavy atom. The summed E-state index contributed by atoms with van der Waals surface area (Å²) >= 11 is 0. The van der Waals surface area contributed by atoms with E-state index in [2.05, 4.69) is 13.2 Å². The van der Waals surface area contributed by atoms with Crippen LogP contribution in [0, 0.1) is 0 Å². The fourth-order valence-corrected chi connectivity index (χ4v) is 4.48. The third-order valence-corrected chi connectivity index (χ3v) is 6.25. The number of sulfonamides is 1. The number of carbonyl (C=O) groups is 1. The summed E-state index contributed by atoms with van der Waals surface area (Å²) < 4.78 is 38.3. The molecular formula is C23H25NO5S. The molecule has 158 valence electrons. The van der Waals surface area contributed by atoms with Crippen LogP contribution in [0.4, 0.5) is 0 Å². The molecule has 0 N–H and O–H groups in total. The van der Waals surface area contributed by atoms with Crippen LogP contribution in [0.1, 0.15) is 11.6 Å². The fourth-order valence-electron chi connectivity index (χ4n) is 2.90. The van der Waals surface area contributed by atoms with Gasteiger partial charge in [0, 0.05) is 6.54 Å². The largest absolute Gasteiger partial charge is 0.497 e. The molecule has 6 nitrogen and oxygen atoms in total. The molecule has 0 heterocycles. The average molecular weight is 428 g/mol. The standard InChI is InChI=1S/C23H25NO5S/c1-5-6-10-17-24(30(26,27)21-11-8-7-9-12-21)22(18(2)23(25)29-4)19-13-15-20(28-3)16-14-19/h5-16,22H,1-2,17H2,3-4H3/b10-6+. The van der Waals surface area contributed by atoms with Crippen molar-refractivity contribution in [2.75, 3.05) is 20.8 Å². The summed E-state index contributed by atoms with van der Waals surface area (Å²) in [5.74, 6) is -0.0954. The van der Waals surface area contributed by atoms with Gasteiger partial charge >= 0.3 is 5.97 Å². The van der Waals surface area contributed by atoms with Crippen LogP contribution in [-0.4, -0.2) is 39.5 Å². The molecule has 2 aromatic carbocycles. The van der Waals surface area contributed by atoms with Crippen molar-refractivity contribution in [2.45, 2.75) is 10.9 Å². The van der Waals surface area contributed by atoms with Crippen LogP contribution in [0.3, 0.4) is 0 Å². The molecule has 30 heavy (non-hydrogen) atoms. The summed E-state index contributed by atoms with van der Waals surface area (Å²) in [6, 6.07) is 13.8. The maximum atomic E-state index is 13.5. The summed E-state index contributed by atoms with van der Waals surface area (Å²) in [6.45, 7) is 7.46. The zero-order valence-corrected chi connectivity index (χ0v) is 17.8. The van der Waals surface area contributed by atoms with Gasteiger partial charge in [0.25, 0.3) is 0 Å². The Hall–Kier alpha value is -3.16. The number of methoxy groups -OCH3 is 2. The van der Waals surface area contributed by atoms with Crippen LogP contribution in [0.5, 0.6) is 5.75 Å². The maximum Gasteiger partial charge on any atom is 0.335 e. The minimum atomic E-state index is -3.98. The number of esters is 1. The molecule has 0 fully saturated rings. The molecule has 0 bridgehead atoms. The van der Waals surface area contributed by atoms with Crippen molar-refractivity contribution in [1.82, 2.24) is 4.31 Å². The van der Waals surface area contributed by atoms with Gasteiger partial charge in [-0.3, -0.25) is 0 Å². The van der Waals surface area contributed by atoms with Gasteiger partial charge in [0.2, 0.25) is 10.0 Å². The topological polar surface area (TPSA) is 72.9 Å². The van der Waals surface area contributed by atoms with Gasteiger partial charge in [-0.1, -0.05) is 61.7 Å². The second kappa shape index (κ2) is 10.6. The van der Waals surface area contributed by atoms with Gasteiger partial charge in [0.05, 0.1) is 30.7 Å². The van der Waals surface area contributed by atoms with Crippen molar-refractivity contribution in [3.63, 3.8) is 0 Å². The number of hydrogen-bond donors (Lipinski definition) is 0. The molecule has 0 aromatic heterocycles. The van der Waals surface area contributed by atoms with E-state index >= 15 is 0 Å². The lowest BCUT2D eigenvalue weighted by Crippen LogP contribution is -2.37. The van der Waals surface area contributed by atoms with Crippen LogP contribution in [0.25, 0.3) is 0 Å². The summed E-state index contributed by atoms with van der Waals surface area (Å²) in [5, 5.41) is 0. The smallest absolute Gasteiger partial charge is 0.335 e. The molecule has 2 aromatic rings. The van der Waals surface area contributed by atoms with Gasteiger partial charge in [-0.2, -0.15) is 4.31 Å². The van der Waals surface area contributed by atoms with Gasteiger partial charge in [0.1, 0.15) is 5.75 Å². The first kappa shape index (κ1) is 23.1. The molecule has 0 spiro atoms. The van der Waals surface area contributed by atoms with Crippen molar-refractivity contribution in [1.29, 1.82) is 0 Å². The van der Waals surface area contributed by atoms with Gasteiger partial charge < -0.3 is 9.47 Å². The van der Waals surface area contributed by atoms with Crippen LogP contribution in [-0.2, 0) is 19.6 Å². The first-order chi connectivity index (χ1) is 14.4. The molecular weight excluding hydrogens is 402 g/mol. The minimum absolute atomic E-state index is 0.00401. The van der Waals surface area contributed by atoms with E-state index in [0.29, 0.717) is 11.3 Å². The third-order valence-electron chi connectivity index (χ3n) is 4.40. The fraction of sp³-hybridized carbons (Fsp3) is 0.174. The lowest BCUT2D eigenvalue weighted by molar-refractivity contribution is -0.136. The molecule has 0 aliphatic heterocycles. The molecule has 1 atom stereocenters. The van der Waals surface area contributed by atoms with E-state index in [1.54, 1.807) is 60.7 Å². The number of nitrogens with zero attached hydrogens (tertiary/aromatic N) is 1. The summed E-state index contributed by atoms with van der Waals surface area (Å²) in [4.78, 5) is 12.5.